The Kier molecular flexibility index (Phi) is 3.75. The van der Waals surface area contributed by atoms with E-state index in [1.165, 1.54) is 6.20 Å². The van der Waals surface area contributed by atoms with Crippen LogP contribution in [0.5, 0.6) is 0 Å². The first-order valence-electron chi connectivity index (χ1n) is 4.72. The van der Waals surface area contributed by atoms with Gasteiger partial charge in [-0.1, -0.05) is 12.8 Å². The zero-order chi connectivity index (χ0) is 11.3. The standard InChI is InChI=1S/C10H14N4O/c1-3-5-14(6-4-2)10(15)8-7-12-13-9(8)11/h1,7H,4-6H2,2H3,(H3,11,12,13). The highest BCUT2D eigenvalue weighted by atomic mass is 16.2. The van der Waals surface area contributed by atoms with Crippen LogP contribution in [0.15, 0.2) is 6.20 Å². The number of hydrogen-bond acceptors (Lipinski definition) is 3. The number of anilines is 1. The predicted octanol–water partition coefficient (Wildman–Crippen LogP) is 0.477. The molecule has 1 amide bonds. The molecule has 0 atom stereocenters. The van der Waals surface area contributed by atoms with Crippen LogP contribution in [0.25, 0.3) is 0 Å². The zero-order valence-corrected chi connectivity index (χ0v) is 8.66. The summed E-state index contributed by atoms with van der Waals surface area (Å²) in [5, 5.41) is 6.21. The van der Waals surface area contributed by atoms with Crippen molar-refractivity contribution in [2.24, 2.45) is 0 Å². The average Bonchev–Trinajstić information content (AvgIpc) is 2.63. The molecule has 0 spiro atoms. The van der Waals surface area contributed by atoms with E-state index in [9.17, 15) is 4.79 Å². The van der Waals surface area contributed by atoms with Gasteiger partial charge in [0.05, 0.1) is 12.7 Å². The molecule has 0 aromatic carbocycles. The van der Waals surface area contributed by atoms with E-state index in [0.29, 0.717) is 12.1 Å². The Bertz CT molecular complexity index is 377. The number of aromatic amines is 1. The maximum Gasteiger partial charge on any atom is 0.260 e. The quantitative estimate of drug-likeness (QED) is 0.703. The number of carbonyl (C=O) groups excluding carboxylic acids is 1. The van der Waals surface area contributed by atoms with E-state index in [1.807, 2.05) is 6.92 Å². The molecule has 1 aromatic rings. The lowest BCUT2D eigenvalue weighted by Gasteiger charge is -2.18. The molecule has 5 nitrogen and oxygen atoms in total. The molecule has 0 unspecified atom stereocenters. The molecular formula is C10H14N4O. The highest BCUT2D eigenvalue weighted by molar-refractivity contribution is 5.98. The maximum absolute atomic E-state index is 11.9. The summed E-state index contributed by atoms with van der Waals surface area (Å²) in [7, 11) is 0. The molecule has 0 saturated carbocycles. The van der Waals surface area contributed by atoms with E-state index >= 15 is 0 Å². The van der Waals surface area contributed by atoms with Gasteiger partial charge in [0.1, 0.15) is 11.4 Å². The van der Waals surface area contributed by atoms with Crippen molar-refractivity contribution < 1.29 is 4.79 Å². The van der Waals surface area contributed by atoms with Gasteiger partial charge >= 0.3 is 0 Å². The fourth-order valence-electron chi connectivity index (χ4n) is 1.27. The number of nitrogen functional groups attached to an aromatic ring is 1. The van der Waals surface area contributed by atoms with Gasteiger partial charge < -0.3 is 10.6 Å². The Morgan fingerprint density at radius 1 is 1.80 bits per heavy atom. The second-order valence-corrected chi connectivity index (χ2v) is 3.13. The fraction of sp³-hybridized carbons (Fsp3) is 0.400. The summed E-state index contributed by atoms with van der Waals surface area (Å²) >= 11 is 0. The zero-order valence-electron chi connectivity index (χ0n) is 8.66. The van der Waals surface area contributed by atoms with Crippen LogP contribution in [-0.4, -0.2) is 34.1 Å². The SMILES string of the molecule is C#CCN(CCC)C(=O)c1cn[nH]c1N. The number of carbonyl (C=O) groups is 1. The molecule has 1 aromatic heterocycles. The summed E-state index contributed by atoms with van der Waals surface area (Å²) in [6, 6.07) is 0. The third-order valence-corrected chi connectivity index (χ3v) is 1.96. The number of terminal acetylenes is 1. The van der Waals surface area contributed by atoms with E-state index in [0.717, 1.165) is 6.42 Å². The van der Waals surface area contributed by atoms with Crippen molar-refractivity contribution in [2.75, 3.05) is 18.8 Å². The number of nitrogens with zero attached hydrogens (tertiary/aromatic N) is 2. The molecule has 80 valence electrons. The van der Waals surface area contributed by atoms with Gasteiger partial charge in [-0.25, -0.2) is 0 Å². The van der Waals surface area contributed by atoms with Gasteiger partial charge in [-0.3, -0.25) is 9.89 Å². The van der Waals surface area contributed by atoms with E-state index < -0.39 is 0 Å². The van der Waals surface area contributed by atoms with Gasteiger partial charge in [0.15, 0.2) is 0 Å². The number of rotatable bonds is 4. The Hall–Kier alpha value is -1.96. The van der Waals surface area contributed by atoms with Gasteiger partial charge in [0.25, 0.3) is 5.91 Å². The topological polar surface area (TPSA) is 75.0 Å². The van der Waals surface area contributed by atoms with Crippen LogP contribution in [-0.2, 0) is 0 Å². The molecule has 5 heteroatoms. The molecule has 0 saturated heterocycles. The fourth-order valence-corrected chi connectivity index (χ4v) is 1.27. The van der Waals surface area contributed by atoms with Gasteiger partial charge in [0.2, 0.25) is 0 Å². The van der Waals surface area contributed by atoms with Crippen LogP contribution < -0.4 is 5.73 Å². The highest BCUT2D eigenvalue weighted by Gasteiger charge is 2.17. The van der Waals surface area contributed by atoms with Crippen molar-refractivity contribution in [3.63, 3.8) is 0 Å². The lowest BCUT2D eigenvalue weighted by Crippen LogP contribution is -2.32. The van der Waals surface area contributed by atoms with Gasteiger partial charge in [-0.2, -0.15) is 5.10 Å². The van der Waals surface area contributed by atoms with E-state index in [2.05, 4.69) is 16.1 Å². The first-order chi connectivity index (χ1) is 7.20. The van der Waals surface area contributed by atoms with Crippen molar-refractivity contribution in [3.8, 4) is 12.3 Å². The van der Waals surface area contributed by atoms with Crippen LogP contribution in [0.1, 0.15) is 23.7 Å². The average molecular weight is 206 g/mol. The summed E-state index contributed by atoms with van der Waals surface area (Å²) in [6.07, 6.45) is 7.46. The monoisotopic (exact) mass is 206 g/mol. The molecular weight excluding hydrogens is 192 g/mol. The number of hydrogen-bond donors (Lipinski definition) is 2. The first-order valence-corrected chi connectivity index (χ1v) is 4.72. The van der Waals surface area contributed by atoms with Gasteiger partial charge in [0, 0.05) is 6.54 Å². The largest absolute Gasteiger partial charge is 0.383 e. The molecule has 15 heavy (non-hydrogen) atoms. The predicted molar refractivity (Wildman–Crippen MR) is 58.0 cm³/mol. The summed E-state index contributed by atoms with van der Waals surface area (Å²) in [5.74, 6) is 2.55. The molecule has 1 rings (SSSR count). The Labute approximate surface area is 88.6 Å². The van der Waals surface area contributed by atoms with Crippen molar-refractivity contribution in [3.05, 3.63) is 11.8 Å². The second kappa shape index (κ2) is 5.05. The number of H-pyrrole nitrogens is 1. The summed E-state index contributed by atoms with van der Waals surface area (Å²) in [5.41, 5.74) is 5.93. The minimum absolute atomic E-state index is 0.180. The molecule has 1 heterocycles. The van der Waals surface area contributed by atoms with Crippen LogP contribution in [0.3, 0.4) is 0 Å². The summed E-state index contributed by atoms with van der Waals surface area (Å²) < 4.78 is 0. The van der Waals surface area contributed by atoms with Crippen LogP contribution >= 0.6 is 0 Å². The molecule has 0 aliphatic rings. The molecule has 3 N–H and O–H groups in total. The summed E-state index contributed by atoms with van der Waals surface area (Å²) in [4.78, 5) is 13.5. The van der Waals surface area contributed by atoms with E-state index in [-0.39, 0.29) is 18.3 Å². The Morgan fingerprint density at radius 2 is 2.53 bits per heavy atom. The molecule has 0 bridgehead atoms. The minimum atomic E-state index is -0.180. The number of nitrogens with one attached hydrogen (secondary N) is 1. The molecule has 0 aliphatic carbocycles. The van der Waals surface area contributed by atoms with Crippen molar-refractivity contribution >= 4 is 11.7 Å². The molecule has 0 aliphatic heterocycles. The Balaban J connectivity index is 2.81. The van der Waals surface area contributed by atoms with Crippen LogP contribution in [0.2, 0.25) is 0 Å². The lowest BCUT2D eigenvalue weighted by molar-refractivity contribution is 0.0778. The Morgan fingerprint density at radius 3 is 3.00 bits per heavy atom. The van der Waals surface area contributed by atoms with E-state index in [4.69, 9.17) is 12.2 Å². The maximum atomic E-state index is 11.9. The van der Waals surface area contributed by atoms with Crippen molar-refractivity contribution in [1.82, 2.24) is 15.1 Å². The van der Waals surface area contributed by atoms with Gasteiger partial charge in [-0.05, 0) is 6.42 Å². The van der Waals surface area contributed by atoms with Gasteiger partial charge in [-0.15, -0.1) is 6.42 Å². The highest BCUT2D eigenvalue weighted by Crippen LogP contribution is 2.10. The van der Waals surface area contributed by atoms with E-state index in [1.54, 1.807) is 4.90 Å². The third-order valence-electron chi connectivity index (χ3n) is 1.96. The molecule has 0 radical (unpaired) electrons. The second-order valence-electron chi connectivity index (χ2n) is 3.13. The molecule has 0 fully saturated rings. The number of amides is 1. The van der Waals surface area contributed by atoms with Crippen LogP contribution in [0.4, 0.5) is 5.82 Å². The normalized spacial score (nSPS) is 9.60. The third kappa shape index (κ3) is 2.50. The van der Waals surface area contributed by atoms with Crippen molar-refractivity contribution in [1.29, 1.82) is 0 Å². The number of nitrogens with two attached hydrogens (primary N) is 1. The summed E-state index contributed by atoms with van der Waals surface area (Å²) in [6.45, 7) is 2.89. The minimum Gasteiger partial charge on any atom is -0.383 e. The first kappa shape index (κ1) is 11.1. The van der Waals surface area contributed by atoms with Crippen molar-refractivity contribution in [2.45, 2.75) is 13.3 Å². The smallest absolute Gasteiger partial charge is 0.260 e. The number of aromatic nitrogens is 2. The lowest BCUT2D eigenvalue weighted by atomic mass is 10.2. The van der Waals surface area contributed by atoms with Crippen LogP contribution in [0, 0.1) is 12.3 Å².